The van der Waals surface area contributed by atoms with E-state index in [4.69, 9.17) is 0 Å². The van der Waals surface area contributed by atoms with Crippen molar-refractivity contribution in [2.24, 2.45) is 23.7 Å². The highest BCUT2D eigenvalue weighted by molar-refractivity contribution is 6.23. The lowest BCUT2D eigenvalue weighted by molar-refractivity contribution is -0.123. The van der Waals surface area contributed by atoms with Crippen LogP contribution in [0, 0.1) is 30.6 Å². The van der Waals surface area contributed by atoms with Gasteiger partial charge in [0.2, 0.25) is 11.8 Å². The van der Waals surface area contributed by atoms with E-state index in [1.807, 2.05) is 19.1 Å². The van der Waals surface area contributed by atoms with Crippen molar-refractivity contribution >= 4 is 29.1 Å². The second kappa shape index (κ2) is 6.16. The Morgan fingerprint density at radius 2 is 1.61 bits per heavy atom. The smallest absolute Gasteiger partial charge is 0.255 e. The number of aryl methyl sites for hydroxylation is 1. The molecule has 0 unspecified atom stereocenters. The van der Waals surface area contributed by atoms with E-state index in [-0.39, 0.29) is 41.4 Å². The number of imide groups is 1. The van der Waals surface area contributed by atoms with Gasteiger partial charge in [0.05, 0.1) is 17.5 Å². The summed E-state index contributed by atoms with van der Waals surface area (Å²) in [4.78, 5) is 39.7. The minimum atomic E-state index is -0.228. The lowest BCUT2D eigenvalue weighted by Gasteiger charge is -2.18. The van der Waals surface area contributed by atoms with Crippen LogP contribution < -0.4 is 10.2 Å². The van der Waals surface area contributed by atoms with Crippen LogP contribution in [0.1, 0.15) is 22.3 Å². The number of nitrogens with zero attached hydrogens (tertiary/aromatic N) is 1. The van der Waals surface area contributed by atoms with Crippen LogP contribution in [-0.4, -0.2) is 17.7 Å². The molecule has 1 heterocycles. The predicted molar refractivity (Wildman–Crippen MR) is 106 cm³/mol. The van der Waals surface area contributed by atoms with Gasteiger partial charge in [-0.3, -0.25) is 14.4 Å². The van der Waals surface area contributed by atoms with Crippen molar-refractivity contribution in [3.8, 4) is 0 Å². The van der Waals surface area contributed by atoms with Crippen LogP contribution in [0.4, 0.5) is 11.4 Å². The van der Waals surface area contributed by atoms with Crippen molar-refractivity contribution in [3.63, 3.8) is 0 Å². The zero-order valence-corrected chi connectivity index (χ0v) is 15.5. The topological polar surface area (TPSA) is 66.5 Å². The average Bonchev–Trinajstić information content (AvgIpc) is 3.36. The van der Waals surface area contributed by atoms with Gasteiger partial charge < -0.3 is 5.32 Å². The van der Waals surface area contributed by atoms with Crippen molar-refractivity contribution in [2.75, 3.05) is 10.2 Å². The van der Waals surface area contributed by atoms with E-state index in [2.05, 4.69) is 17.5 Å². The van der Waals surface area contributed by atoms with Gasteiger partial charge in [0, 0.05) is 11.3 Å². The quantitative estimate of drug-likeness (QED) is 0.662. The maximum Gasteiger partial charge on any atom is 0.255 e. The lowest BCUT2D eigenvalue weighted by Crippen LogP contribution is -2.32. The van der Waals surface area contributed by atoms with E-state index in [1.54, 1.807) is 36.4 Å². The largest absolute Gasteiger partial charge is 0.322 e. The number of hydrogen-bond acceptors (Lipinski definition) is 3. The number of carbonyl (C=O) groups is 3. The molecule has 5 rings (SSSR count). The van der Waals surface area contributed by atoms with Gasteiger partial charge in [-0.25, -0.2) is 4.90 Å². The van der Waals surface area contributed by atoms with E-state index in [1.165, 1.54) is 4.90 Å². The third-order valence-corrected chi connectivity index (χ3v) is 6.15. The Morgan fingerprint density at radius 3 is 2.25 bits per heavy atom. The van der Waals surface area contributed by atoms with Crippen molar-refractivity contribution in [1.29, 1.82) is 0 Å². The molecule has 1 saturated carbocycles. The number of fused-ring (bicyclic) bond motifs is 5. The van der Waals surface area contributed by atoms with Crippen molar-refractivity contribution < 1.29 is 14.4 Å². The van der Waals surface area contributed by atoms with Crippen LogP contribution in [0.15, 0.2) is 60.7 Å². The summed E-state index contributed by atoms with van der Waals surface area (Å²) in [6, 6.07) is 14.3. The molecule has 1 aliphatic heterocycles. The third-order valence-electron chi connectivity index (χ3n) is 6.15. The number of carbonyl (C=O) groups excluding carboxylic acids is 3. The first-order chi connectivity index (χ1) is 13.5. The molecule has 5 heteroatoms. The molecule has 2 bridgehead atoms. The van der Waals surface area contributed by atoms with Gasteiger partial charge in [0.25, 0.3) is 5.91 Å². The van der Waals surface area contributed by atoms with Gasteiger partial charge in [-0.1, -0.05) is 35.9 Å². The Morgan fingerprint density at radius 1 is 0.964 bits per heavy atom. The zero-order chi connectivity index (χ0) is 19.4. The van der Waals surface area contributed by atoms with Gasteiger partial charge in [0.1, 0.15) is 0 Å². The number of benzene rings is 2. The van der Waals surface area contributed by atoms with Crippen molar-refractivity contribution in [3.05, 3.63) is 71.8 Å². The normalized spacial score (nSPS) is 27.4. The SMILES string of the molecule is Cc1ccc(C(=O)Nc2cccc(N3C(=O)[C@H]4[C@H](C3=O)[C@H]3C=C[C@H]4C3)c2)cc1. The molecule has 2 aromatic carbocycles. The fraction of sp³-hybridized carbons (Fsp3) is 0.261. The van der Waals surface area contributed by atoms with E-state index < -0.39 is 0 Å². The summed E-state index contributed by atoms with van der Waals surface area (Å²) in [6.45, 7) is 1.96. The third kappa shape index (κ3) is 2.50. The van der Waals surface area contributed by atoms with Crippen LogP contribution >= 0.6 is 0 Å². The highest BCUT2D eigenvalue weighted by Crippen LogP contribution is 2.53. The van der Waals surface area contributed by atoms with Crippen molar-refractivity contribution in [1.82, 2.24) is 0 Å². The number of amides is 3. The molecular weight excluding hydrogens is 352 g/mol. The molecule has 1 N–H and O–H groups in total. The van der Waals surface area contributed by atoms with E-state index in [0.29, 0.717) is 16.9 Å². The number of hydrogen-bond donors (Lipinski definition) is 1. The number of rotatable bonds is 3. The molecule has 3 aliphatic rings. The Kier molecular flexibility index (Phi) is 3.72. The first-order valence-corrected chi connectivity index (χ1v) is 9.57. The highest BCUT2D eigenvalue weighted by atomic mass is 16.2. The monoisotopic (exact) mass is 372 g/mol. The minimum Gasteiger partial charge on any atom is -0.322 e. The minimum absolute atomic E-state index is 0.117. The van der Waals surface area contributed by atoms with Gasteiger partial charge in [0.15, 0.2) is 0 Å². The molecule has 4 atom stereocenters. The molecule has 3 amide bonds. The summed E-state index contributed by atoms with van der Waals surface area (Å²) in [5, 5.41) is 2.85. The van der Waals surface area contributed by atoms with Gasteiger partial charge in [-0.15, -0.1) is 0 Å². The number of anilines is 2. The molecule has 1 saturated heterocycles. The van der Waals surface area contributed by atoms with Crippen LogP contribution in [0.3, 0.4) is 0 Å². The molecule has 140 valence electrons. The molecule has 0 radical (unpaired) electrons. The standard InChI is InChI=1S/C23H20N2O3/c1-13-5-7-14(8-6-13)21(26)24-17-3-2-4-18(12-17)25-22(27)19-15-9-10-16(11-15)20(19)23(25)28/h2-10,12,15-16,19-20H,11H2,1H3,(H,24,26)/t15-,16-,19+,20+/m0/s1. The lowest BCUT2D eigenvalue weighted by atomic mass is 9.85. The van der Waals surface area contributed by atoms with Gasteiger partial charge in [-0.05, 0) is 55.5 Å². The maximum absolute atomic E-state index is 13.0. The molecule has 2 aliphatic carbocycles. The zero-order valence-electron chi connectivity index (χ0n) is 15.5. The molecule has 0 spiro atoms. The average molecular weight is 372 g/mol. The summed E-state index contributed by atoms with van der Waals surface area (Å²) < 4.78 is 0. The fourth-order valence-electron chi connectivity index (χ4n) is 4.79. The Balaban J connectivity index is 1.39. The van der Waals surface area contributed by atoms with Gasteiger partial charge >= 0.3 is 0 Å². The fourth-order valence-corrected chi connectivity index (χ4v) is 4.79. The molecule has 2 aromatic rings. The summed E-state index contributed by atoms with van der Waals surface area (Å²) in [7, 11) is 0. The summed E-state index contributed by atoms with van der Waals surface area (Å²) in [5.74, 6) is -0.554. The number of allylic oxidation sites excluding steroid dienone is 2. The van der Waals surface area contributed by atoms with Crippen LogP contribution in [0.25, 0.3) is 0 Å². The van der Waals surface area contributed by atoms with Crippen molar-refractivity contribution in [2.45, 2.75) is 13.3 Å². The summed E-state index contributed by atoms with van der Waals surface area (Å²) in [5.41, 5.74) is 2.72. The van der Waals surface area contributed by atoms with E-state index in [9.17, 15) is 14.4 Å². The summed E-state index contributed by atoms with van der Waals surface area (Å²) >= 11 is 0. The van der Waals surface area contributed by atoms with Crippen LogP contribution in [-0.2, 0) is 9.59 Å². The van der Waals surface area contributed by atoms with Crippen LogP contribution in [0.5, 0.6) is 0 Å². The highest BCUT2D eigenvalue weighted by Gasteiger charge is 2.59. The first kappa shape index (κ1) is 16.9. The molecular formula is C23H20N2O3. The number of nitrogens with one attached hydrogen (secondary N) is 1. The molecule has 5 nitrogen and oxygen atoms in total. The van der Waals surface area contributed by atoms with E-state index >= 15 is 0 Å². The Hall–Kier alpha value is -3.21. The second-order valence-electron chi connectivity index (χ2n) is 7.88. The predicted octanol–water partition coefficient (Wildman–Crippen LogP) is 3.56. The Labute approximate surface area is 163 Å². The molecule has 2 fully saturated rings. The molecule has 28 heavy (non-hydrogen) atoms. The first-order valence-electron chi connectivity index (χ1n) is 9.57. The van der Waals surface area contributed by atoms with Crippen LogP contribution in [0.2, 0.25) is 0 Å². The maximum atomic E-state index is 13.0. The van der Waals surface area contributed by atoms with E-state index in [0.717, 1.165) is 12.0 Å². The Bertz CT molecular complexity index is 994. The second-order valence-corrected chi connectivity index (χ2v) is 7.88. The summed E-state index contributed by atoms with van der Waals surface area (Å²) in [6.07, 6.45) is 5.07. The van der Waals surface area contributed by atoms with Gasteiger partial charge in [-0.2, -0.15) is 0 Å². The molecule has 0 aromatic heterocycles.